The molecule has 2 aromatic rings. The number of anilines is 1. The lowest BCUT2D eigenvalue weighted by atomic mass is 10.0. The Morgan fingerprint density at radius 2 is 2.00 bits per heavy atom. The summed E-state index contributed by atoms with van der Waals surface area (Å²) in [6, 6.07) is 14.4. The Morgan fingerprint density at radius 3 is 2.70 bits per heavy atom. The van der Waals surface area contributed by atoms with Gasteiger partial charge in [-0.3, -0.25) is 10.1 Å². The Kier molecular flexibility index (Phi) is 5.30. The predicted molar refractivity (Wildman–Crippen MR) is 92.6 cm³/mol. The highest BCUT2D eigenvalue weighted by atomic mass is 16.6. The van der Waals surface area contributed by atoms with E-state index in [-0.39, 0.29) is 18.2 Å². The number of nitrogens with two attached hydrogens (primary N) is 1. The fourth-order valence-corrected chi connectivity index (χ4v) is 2.16. The summed E-state index contributed by atoms with van der Waals surface area (Å²) in [6.07, 6.45) is 0. The van der Waals surface area contributed by atoms with Gasteiger partial charge in [0.05, 0.1) is 17.0 Å². The van der Waals surface area contributed by atoms with Crippen molar-refractivity contribution in [3.05, 3.63) is 69.8 Å². The third-order valence-corrected chi connectivity index (χ3v) is 3.43. The van der Waals surface area contributed by atoms with Crippen LogP contribution in [0.15, 0.2) is 53.5 Å². The molecule has 6 heteroatoms. The highest BCUT2D eigenvalue weighted by Crippen LogP contribution is 2.19. The number of guanidine groups is 1. The molecule has 0 spiro atoms. The van der Waals surface area contributed by atoms with E-state index in [9.17, 15) is 10.1 Å². The molecule has 0 radical (unpaired) electrons. The maximum absolute atomic E-state index is 11.0. The molecule has 0 fully saturated rings. The lowest BCUT2D eigenvalue weighted by molar-refractivity contribution is -0.385. The first kappa shape index (κ1) is 16.5. The predicted octanol–water partition coefficient (Wildman–Crippen LogP) is 3.65. The Hall–Kier alpha value is -2.89. The van der Waals surface area contributed by atoms with Crippen molar-refractivity contribution < 1.29 is 4.92 Å². The Balaban J connectivity index is 2.09. The first-order valence-corrected chi connectivity index (χ1v) is 7.36. The quantitative estimate of drug-likeness (QED) is 0.381. The Bertz CT molecular complexity index is 726. The molecule has 0 atom stereocenters. The van der Waals surface area contributed by atoms with Gasteiger partial charge in [0, 0.05) is 11.8 Å². The number of benzene rings is 2. The van der Waals surface area contributed by atoms with Crippen molar-refractivity contribution in [1.29, 1.82) is 0 Å². The Morgan fingerprint density at radius 1 is 1.26 bits per heavy atom. The van der Waals surface area contributed by atoms with Crippen LogP contribution in [0.3, 0.4) is 0 Å². The molecular formula is C17H20N4O2. The number of nitro groups is 1. The van der Waals surface area contributed by atoms with E-state index in [1.54, 1.807) is 18.2 Å². The van der Waals surface area contributed by atoms with Gasteiger partial charge in [0.25, 0.3) is 5.69 Å². The van der Waals surface area contributed by atoms with Gasteiger partial charge in [-0.05, 0) is 23.6 Å². The molecule has 2 aromatic carbocycles. The highest BCUT2D eigenvalue weighted by molar-refractivity contribution is 5.92. The molecule has 3 N–H and O–H groups in total. The average Bonchev–Trinajstić information content (AvgIpc) is 2.53. The smallest absolute Gasteiger partial charge is 0.274 e. The number of nitrogens with zero attached hydrogens (tertiary/aromatic N) is 2. The minimum absolute atomic E-state index is 0.0471. The number of nitro benzene ring substituents is 1. The number of nitrogens with one attached hydrogen (secondary N) is 1. The van der Waals surface area contributed by atoms with Crippen LogP contribution in [-0.4, -0.2) is 10.9 Å². The molecule has 0 aliphatic heterocycles. The minimum Gasteiger partial charge on any atom is -0.370 e. The normalized spacial score (nSPS) is 11.5. The maximum Gasteiger partial charge on any atom is 0.274 e. The van der Waals surface area contributed by atoms with Gasteiger partial charge in [-0.25, -0.2) is 4.99 Å². The van der Waals surface area contributed by atoms with Crippen LogP contribution in [0.5, 0.6) is 0 Å². The summed E-state index contributed by atoms with van der Waals surface area (Å²) in [6.45, 7) is 4.38. The molecule has 0 aliphatic carbocycles. The monoisotopic (exact) mass is 312 g/mol. The van der Waals surface area contributed by atoms with Crippen molar-refractivity contribution in [3.8, 4) is 0 Å². The van der Waals surface area contributed by atoms with E-state index >= 15 is 0 Å². The topological polar surface area (TPSA) is 93.5 Å². The molecule has 0 aromatic heterocycles. The van der Waals surface area contributed by atoms with Gasteiger partial charge in [0.1, 0.15) is 0 Å². The number of rotatable bonds is 5. The van der Waals surface area contributed by atoms with Gasteiger partial charge in [-0.1, -0.05) is 44.2 Å². The van der Waals surface area contributed by atoms with E-state index in [1.807, 2.05) is 18.2 Å². The van der Waals surface area contributed by atoms with Crippen molar-refractivity contribution >= 4 is 17.3 Å². The lowest BCUT2D eigenvalue weighted by Crippen LogP contribution is -2.22. The van der Waals surface area contributed by atoms with E-state index < -0.39 is 4.92 Å². The van der Waals surface area contributed by atoms with Crippen LogP contribution >= 0.6 is 0 Å². The van der Waals surface area contributed by atoms with Crippen molar-refractivity contribution in [2.45, 2.75) is 26.3 Å². The number of hydrogen-bond donors (Lipinski definition) is 2. The summed E-state index contributed by atoms with van der Waals surface area (Å²) < 4.78 is 0. The van der Waals surface area contributed by atoms with Gasteiger partial charge >= 0.3 is 0 Å². The molecule has 6 nitrogen and oxygen atoms in total. The number of hydrogen-bond acceptors (Lipinski definition) is 3. The summed E-state index contributed by atoms with van der Waals surface area (Å²) in [7, 11) is 0. The molecule has 0 saturated heterocycles. The summed E-state index contributed by atoms with van der Waals surface area (Å²) >= 11 is 0. The van der Waals surface area contributed by atoms with Crippen LogP contribution in [0.2, 0.25) is 0 Å². The molecule has 0 amide bonds. The minimum atomic E-state index is -0.416. The summed E-state index contributed by atoms with van der Waals surface area (Å²) in [4.78, 5) is 14.7. The zero-order valence-electron chi connectivity index (χ0n) is 13.2. The molecule has 0 heterocycles. The van der Waals surface area contributed by atoms with E-state index in [0.29, 0.717) is 11.5 Å². The van der Waals surface area contributed by atoms with Crippen LogP contribution < -0.4 is 11.1 Å². The molecule has 2 rings (SSSR count). The third-order valence-electron chi connectivity index (χ3n) is 3.43. The highest BCUT2D eigenvalue weighted by Gasteiger charge is 2.11. The molecule has 0 bridgehead atoms. The summed E-state index contributed by atoms with van der Waals surface area (Å²) in [5.41, 5.74) is 8.49. The van der Waals surface area contributed by atoms with Crippen molar-refractivity contribution in [1.82, 2.24) is 0 Å². The molecule has 120 valence electrons. The largest absolute Gasteiger partial charge is 0.370 e. The van der Waals surface area contributed by atoms with Gasteiger partial charge in [0.2, 0.25) is 0 Å². The third kappa shape index (κ3) is 4.54. The van der Waals surface area contributed by atoms with Crippen LogP contribution in [-0.2, 0) is 6.54 Å². The van der Waals surface area contributed by atoms with E-state index in [2.05, 4.69) is 30.2 Å². The van der Waals surface area contributed by atoms with Crippen LogP contribution in [0.25, 0.3) is 0 Å². The second-order valence-corrected chi connectivity index (χ2v) is 5.49. The van der Waals surface area contributed by atoms with E-state index in [4.69, 9.17) is 5.73 Å². The van der Waals surface area contributed by atoms with E-state index in [0.717, 1.165) is 5.69 Å². The maximum atomic E-state index is 11.0. The fraction of sp³-hybridized carbons (Fsp3) is 0.235. The zero-order valence-corrected chi connectivity index (χ0v) is 13.2. The van der Waals surface area contributed by atoms with Crippen LogP contribution in [0, 0.1) is 10.1 Å². The van der Waals surface area contributed by atoms with Gasteiger partial charge in [-0.2, -0.15) is 0 Å². The number of aliphatic imine (C=N–C) groups is 1. The SMILES string of the molecule is CC(C)c1cccc(NC(N)=NCc2ccccc2[N+](=O)[O-])c1. The first-order valence-electron chi connectivity index (χ1n) is 7.36. The molecule has 23 heavy (non-hydrogen) atoms. The van der Waals surface area contributed by atoms with Crippen LogP contribution in [0.1, 0.15) is 30.9 Å². The molecular weight excluding hydrogens is 292 g/mol. The first-order chi connectivity index (χ1) is 11.0. The standard InChI is InChI=1S/C17H20N4O2/c1-12(2)13-7-5-8-15(10-13)20-17(18)19-11-14-6-3-4-9-16(14)21(22)23/h3-10,12H,11H2,1-2H3,(H3,18,19,20). The summed E-state index contributed by atoms with van der Waals surface area (Å²) in [5.74, 6) is 0.644. The van der Waals surface area contributed by atoms with Crippen molar-refractivity contribution in [3.63, 3.8) is 0 Å². The van der Waals surface area contributed by atoms with Gasteiger partial charge in [0.15, 0.2) is 5.96 Å². The van der Waals surface area contributed by atoms with Crippen molar-refractivity contribution in [2.24, 2.45) is 10.7 Å². The Labute approximate surface area is 135 Å². The van der Waals surface area contributed by atoms with E-state index in [1.165, 1.54) is 11.6 Å². The molecule has 0 aliphatic rings. The van der Waals surface area contributed by atoms with Gasteiger partial charge in [-0.15, -0.1) is 0 Å². The van der Waals surface area contributed by atoms with Gasteiger partial charge < -0.3 is 11.1 Å². The zero-order chi connectivity index (χ0) is 16.8. The summed E-state index contributed by atoms with van der Waals surface area (Å²) in [5, 5.41) is 14.0. The molecule has 0 unspecified atom stereocenters. The second-order valence-electron chi connectivity index (χ2n) is 5.49. The van der Waals surface area contributed by atoms with Crippen LogP contribution in [0.4, 0.5) is 11.4 Å². The second kappa shape index (κ2) is 7.40. The fourth-order valence-electron chi connectivity index (χ4n) is 2.16. The lowest BCUT2D eigenvalue weighted by Gasteiger charge is -2.10. The van der Waals surface area contributed by atoms with Crippen molar-refractivity contribution in [2.75, 3.05) is 5.32 Å². The molecule has 0 saturated carbocycles. The average molecular weight is 312 g/mol. The number of para-hydroxylation sites is 1.